The van der Waals surface area contributed by atoms with Gasteiger partial charge in [0, 0.05) is 0 Å². The Labute approximate surface area is 493 Å². The summed E-state index contributed by atoms with van der Waals surface area (Å²) in [7, 11) is -7.26. The van der Waals surface area contributed by atoms with Crippen LogP contribution in [0.15, 0.2) is 48.5 Å². The molecule has 0 bridgehead atoms. The Kier molecular flexibility index (Phi) is 48.3. The molecule has 2 aromatic rings. The fourth-order valence-electron chi connectivity index (χ4n) is 11.4. The second-order valence-corrected chi connectivity index (χ2v) is 29.5. The maximum absolute atomic E-state index is 11.1. The van der Waals surface area contributed by atoms with Crippen LogP contribution < -0.4 is 10.6 Å². The third kappa shape index (κ3) is 37.9. The number of hydrogen-bond acceptors (Lipinski definition) is 6. The van der Waals surface area contributed by atoms with Crippen LogP contribution in [0.2, 0.25) is 0 Å². The Balaban J connectivity index is 2.12. The molecule has 464 valence electrons. The monoisotopic (exact) mass is 1140 g/mol. The van der Waals surface area contributed by atoms with Crippen molar-refractivity contribution in [2.24, 2.45) is 0 Å². The van der Waals surface area contributed by atoms with Gasteiger partial charge in [-0.25, -0.2) is 0 Å². The van der Waals surface area contributed by atoms with E-state index in [1.54, 1.807) is 0 Å². The van der Waals surface area contributed by atoms with Crippen molar-refractivity contribution in [1.29, 1.82) is 0 Å². The number of hydrogen-bond donors (Lipinski definition) is 2. The second kappa shape index (κ2) is 51.5. The second-order valence-electron chi connectivity index (χ2n) is 24.9. The first-order chi connectivity index (χ1) is 38.7. The molecule has 8 heteroatoms. The molecule has 0 heterocycles. The molecule has 79 heavy (non-hydrogen) atoms. The fourth-order valence-corrected chi connectivity index (χ4v) is 15.2. The Morgan fingerprint density at radius 2 is 0.456 bits per heavy atom. The molecule has 0 aliphatic rings. The van der Waals surface area contributed by atoms with Gasteiger partial charge < -0.3 is 0 Å². The van der Waals surface area contributed by atoms with Gasteiger partial charge in [-0.1, -0.05) is 79.1 Å². The van der Waals surface area contributed by atoms with E-state index in [-0.39, 0.29) is 5.41 Å². The molecule has 0 spiro atoms. The average molecular weight is 1150 g/mol. The van der Waals surface area contributed by atoms with Crippen LogP contribution in [0.3, 0.4) is 0 Å². The fraction of sp³-hybridized carbons (Fsp3) is 0.831. The third-order valence-corrected chi connectivity index (χ3v) is 21.6. The summed E-state index contributed by atoms with van der Waals surface area (Å²) in [6, 6.07) is 16.8. The van der Waals surface area contributed by atoms with E-state index in [0.29, 0.717) is 31.7 Å². The number of unbranched alkanes of at least 4 members (excludes halogenated alkanes) is 44. The molecule has 0 aliphatic carbocycles. The summed E-state index contributed by atoms with van der Waals surface area (Å²) in [5.41, 5.74) is 1.98. The summed E-state index contributed by atoms with van der Waals surface area (Å²) in [4.78, 5) is 22.3. The predicted octanol–water partition coefficient (Wildman–Crippen LogP) is 23.1. The Hall–Kier alpha value is -0.940. The van der Waals surface area contributed by atoms with Crippen molar-refractivity contribution in [3.8, 4) is 0 Å². The first kappa shape index (κ1) is 74.2. The summed E-state index contributed by atoms with van der Waals surface area (Å²) in [6.45, 7) is 16.1. The summed E-state index contributed by atoms with van der Waals surface area (Å²) in [5, 5.41) is 1.57. The van der Waals surface area contributed by atoms with Gasteiger partial charge in [0.15, 0.2) is 0 Å². The van der Waals surface area contributed by atoms with Gasteiger partial charge in [-0.15, -0.1) is 0 Å². The predicted molar refractivity (Wildman–Crippen MR) is 353 cm³/mol. The molecule has 2 N–H and O–H groups in total. The van der Waals surface area contributed by atoms with Crippen LogP contribution in [0.1, 0.15) is 361 Å². The number of rotatable bonds is 60. The van der Waals surface area contributed by atoms with Crippen molar-refractivity contribution >= 4 is 26.5 Å². The van der Waals surface area contributed by atoms with Gasteiger partial charge >= 0.3 is 417 Å². The van der Waals surface area contributed by atoms with Gasteiger partial charge in [0.2, 0.25) is 0 Å². The van der Waals surface area contributed by atoms with Crippen LogP contribution in [0.25, 0.3) is 0 Å². The van der Waals surface area contributed by atoms with Gasteiger partial charge in [0.1, 0.15) is 0 Å². The normalized spacial score (nSPS) is 12.8. The molecule has 0 radical (unpaired) electrons. The van der Waals surface area contributed by atoms with Crippen LogP contribution in [0.4, 0.5) is 0 Å². The quantitative estimate of drug-likeness (QED) is 0.0508. The molecule has 0 atom stereocenters. The van der Waals surface area contributed by atoms with Crippen molar-refractivity contribution in [3.63, 3.8) is 0 Å². The molecule has 2 aromatic carbocycles. The minimum absolute atomic E-state index is 0.325. The number of benzene rings is 2. The van der Waals surface area contributed by atoms with Crippen LogP contribution in [-0.4, -0.2) is 36.2 Å². The first-order valence-electron chi connectivity index (χ1n) is 34.9. The van der Waals surface area contributed by atoms with Crippen molar-refractivity contribution in [1.82, 2.24) is 0 Å². The van der Waals surface area contributed by atoms with Gasteiger partial charge in [-0.2, -0.15) is 0 Å². The summed E-state index contributed by atoms with van der Waals surface area (Å²) in [5.74, 6) is 0. The van der Waals surface area contributed by atoms with E-state index in [4.69, 9.17) is 18.1 Å². The molecular formula is C71H134O6P2. The van der Waals surface area contributed by atoms with Crippen molar-refractivity contribution < 1.29 is 27.9 Å². The van der Waals surface area contributed by atoms with Crippen LogP contribution in [0.5, 0.6) is 0 Å². The Morgan fingerprint density at radius 3 is 0.684 bits per heavy atom. The Morgan fingerprint density at radius 1 is 0.266 bits per heavy atom. The molecule has 0 aliphatic heterocycles. The van der Waals surface area contributed by atoms with E-state index in [1.165, 1.54) is 282 Å². The SMILES string of the molecule is CCCCCCCCCCCCCCO[PH](O)(O)c1ccc(C(C)(C)c2ccc([PH](OCCCCCCCCCCCCCC)(OCCCCCCCCCCCCCC)OCCCCCCCCCCCCCC)cc2)cc1. The first-order valence-corrected chi connectivity index (χ1v) is 38.4. The summed E-state index contributed by atoms with van der Waals surface area (Å²) >= 11 is 0. The van der Waals surface area contributed by atoms with E-state index in [2.05, 4.69) is 77.9 Å². The van der Waals surface area contributed by atoms with Crippen molar-refractivity contribution in [2.75, 3.05) is 26.4 Å². The molecule has 0 saturated carbocycles. The molecule has 0 fully saturated rings. The van der Waals surface area contributed by atoms with E-state index < -0.39 is 15.9 Å². The standard InChI is InChI=1S/C71H134O6P2/c1-7-11-15-19-23-27-31-35-39-43-47-51-63-74-78(72,73)69-59-55-67(56-60-69)71(5,6)68-57-61-70(62-58-68)79(75-64-52-48-44-40-36-32-28-24-20-16-12-8-2,76-65-53-49-45-41-37-33-29-25-21-17-13-9-3)77-66-54-50-46-42-38-34-30-26-22-18-14-10-4/h55-62,72-73,78-79H,7-54,63-66H2,1-6H3. The van der Waals surface area contributed by atoms with E-state index in [0.717, 1.165) is 43.0 Å². The Bertz CT molecular complexity index is 1510. The maximum atomic E-state index is 11.1. The van der Waals surface area contributed by atoms with Gasteiger partial charge in [0.25, 0.3) is 0 Å². The van der Waals surface area contributed by atoms with Crippen LogP contribution in [-0.2, 0) is 23.5 Å². The van der Waals surface area contributed by atoms with E-state index >= 15 is 0 Å². The zero-order valence-corrected chi connectivity index (χ0v) is 55.4. The topological polar surface area (TPSA) is 77.4 Å². The molecule has 6 nitrogen and oxygen atoms in total. The minimum atomic E-state index is -4.00. The van der Waals surface area contributed by atoms with Gasteiger partial charge in [-0.3, -0.25) is 0 Å². The van der Waals surface area contributed by atoms with Gasteiger partial charge in [0.05, 0.1) is 0 Å². The van der Waals surface area contributed by atoms with Crippen molar-refractivity contribution in [3.05, 3.63) is 59.7 Å². The molecule has 2 rings (SSSR count). The zero-order chi connectivity index (χ0) is 57.1. The third-order valence-electron chi connectivity index (χ3n) is 17.1. The zero-order valence-electron chi connectivity index (χ0n) is 53.4. The van der Waals surface area contributed by atoms with Gasteiger partial charge in [-0.05, 0) is 0 Å². The molecule has 0 aromatic heterocycles. The average Bonchev–Trinajstić information content (AvgIpc) is 3.53. The molecule has 0 unspecified atom stereocenters. The summed E-state index contributed by atoms with van der Waals surface area (Å²) in [6.07, 6.45) is 62.7. The summed E-state index contributed by atoms with van der Waals surface area (Å²) < 4.78 is 27.1. The van der Waals surface area contributed by atoms with Crippen LogP contribution >= 0.6 is 15.9 Å². The molecule has 0 amide bonds. The van der Waals surface area contributed by atoms with E-state index in [9.17, 15) is 9.79 Å². The molecule has 0 saturated heterocycles. The van der Waals surface area contributed by atoms with Crippen LogP contribution in [0, 0.1) is 0 Å². The van der Waals surface area contributed by atoms with Crippen molar-refractivity contribution in [2.45, 2.75) is 355 Å². The molecular weight excluding hydrogens is 1010 g/mol. The van der Waals surface area contributed by atoms with E-state index in [1.807, 2.05) is 12.1 Å².